The van der Waals surface area contributed by atoms with E-state index >= 15 is 0 Å². The highest BCUT2D eigenvalue weighted by Gasteiger charge is 2.32. The van der Waals surface area contributed by atoms with Crippen molar-refractivity contribution in [2.45, 2.75) is 19.5 Å². The summed E-state index contributed by atoms with van der Waals surface area (Å²) in [5.74, 6) is 0.481. The zero-order valence-electron chi connectivity index (χ0n) is 13.2. The van der Waals surface area contributed by atoms with E-state index in [0.29, 0.717) is 17.9 Å². The molecule has 0 spiro atoms. The quantitative estimate of drug-likeness (QED) is 0.908. The Morgan fingerprint density at radius 3 is 2.74 bits per heavy atom. The normalized spacial score (nSPS) is 16.7. The molecule has 0 saturated heterocycles. The van der Waals surface area contributed by atoms with E-state index < -0.39 is 0 Å². The van der Waals surface area contributed by atoms with E-state index in [4.69, 9.17) is 4.74 Å². The molecule has 1 aliphatic heterocycles. The van der Waals surface area contributed by atoms with Crippen LogP contribution in [0.2, 0.25) is 0 Å². The van der Waals surface area contributed by atoms with Gasteiger partial charge in [-0.25, -0.2) is 0 Å². The van der Waals surface area contributed by atoms with Crippen molar-refractivity contribution in [1.82, 2.24) is 4.90 Å². The van der Waals surface area contributed by atoms with Crippen LogP contribution in [0.5, 0.6) is 11.5 Å². The van der Waals surface area contributed by atoms with Crippen molar-refractivity contribution in [2.75, 3.05) is 19.0 Å². The van der Waals surface area contributed by atoms with Crippen LogP contribution in [0.15, 0.2) is 42.5 Å². The highest BCUT2D eigenvalue weighted by atomic mass is 16.5. The number of anilines is 1. The summed E-state index contributed by atoms with van der Waals surface area (Å²) in [4.78, 5) is 14.6. The molecule has 0 saturated carbocycles. The molecular weight excluding hydrogens is 292 g/mol. The van der Waals surface area contributed by atoms with Crippen molar-refractivity contribution < 1.29 is 14.6 Å². The standard InChI is InChI=1S/C18H20N2O3/c1-3-10-20-17(12-8-9-16(23-2)15(21)11-12)19-14-7-5-4-6-13(14)18(20)22/h4-9,11,17,19,21H,3,10H2,1-2H3/t17-/m1/s1. The monoisotopic (exact) mass is 312 g/mol. The first-order valence-corrected chi connectivity index (χ1v) is 7.69. The van der Waals surface area contributed by atoms with Crippen molar-refractivity contribution in [3.05, 3.63) is 53.6 Å². The summed E-state index contributed by atoms with van der Waals surface area (Å²) < 4.78 is 5.09. The third-order valence-corrected chi connectivity index (χ3v) is 4.01. The summed E-state index contributed by atoms with van der Waals surface area (Å²) in [5, 5.41) is 13.4. The summed E-state index contributed by atoms with van der Waals surface area (Å²) in [6.07, 6.45) is 0.544. The van der Waals surface area contributed by atoms with E-state index in [1.165, 1.54) is 7.11 Å². The molecular formula is C18H20N2O3. The number of phenolic OH excluding ortho intramolecular Hbond substituents is 1. The number of aromatic hydroxyl groups is 1. The number of methoxy groups -OCH3 is 1. The SMILES string of the molecule is CCCN1C(=O)c2ccccc2N[C@H]1c1ccc(OC)c(O)c1. The van der Waals surface area contributed by atoms with Gasteiger partial charge in [0.05, 0.1) is 12.7 Å². The lowest BCUT2D eigenvalue weighted by atomic mass is 10.0. The molecule has 2 aromatic rings. The molecule has 0 radical (unpaired) electrons. The van der Waals surface area contributed by atoms with Crippen LogP contribution < -0.4 is 10.1 Å². The van der Waals surface area contributed by atoms with E-state index in [-0.39, 0.29) is 17.8 Å². The predicted molar refractivity (Wildman–Crippen MR) is 88.8 cm³/mol. The second-order valence-corrected chi connectivity index (χ2v) is 5.52. The van der Waals surface area contributed by atoms with Crippen molar-refractivity contribution in [2.24, 2.45) is 0 Å². The van der Waals surface area contributed by atoms with Gasteiger partial charge in [-0.3, -0.25) is 4.79 Å². The summed E-state index contributed by atoms with van der Waals surface area (Å²) in [6.45, 7) is 2.67. The number of phenols is 1. The Hall–Kier alpha value is -2.69. The number of ether oxygens (including phenoxy) is 1. The van der Waals surface area contributed by atoms with E-state index in [2.05, 4.69) is 5.32 Å². The van der Waals surface area contributed by atoms with Crippen LogP contribution in [-0.2, 0) is 0 Å². The lowest BCUT2D eigenvalue weighted by Gasteiger charge is -2.38. The van der Waals surface area contributed by atoms with Crippen LogP contribution in [0, 0.1) is 0 Å². The smallest absolute Gasteiger partial charge is 0.257 e. The Morgan fingerprint density at radius 1 is 1.26 bits per heavy atom. The first-order chi connectivity index (χ1) is 11.2. The number of para-hydroxylation sites is 1. The number of benzene rings is 2. The molecule has 1 heterocycles. The molecule has 5 heteroatoms. The molecule has 23 heavy (non-hydrogen) atoms. The number of nitrogens with one attached hydrogen (secondary N) is 1. The fourth-order valence-electron chi connectivity index (χ4n) is 2.90. The third-order valence-electron chi connectivity index (χ3n) is 4.01. The van der Waals surface area contributed by atoms with Crippen LogP contribution in [-0.4, -0.2) is 29.6 Å². The Labute approximate surface area is 135 Å². The van der Waals surface area contributed by atoms with E-state index in [9.17, 15) is 9.90 Å². The molecule has 1 aliphatic rings. The number of hydrogen-bond acceptors (Lipinski definition) is 4. The summed E-state index contributed by atoms with van der Waals surface area (Å²) >= 11 is 0. The Morgan fingerprint density at radius 2 is 2.04 bits per heavy atom. The predicted octanol–water partition coefficient (Wildman–Crippen LogP) is 3.38. The van der Waals surface area contributed by atoms with Crippen LogP contribution in [0.1, 0.15) is 35.4 Å². The van der Waals surface area contributed by atoms with E-state index in [0.717, 1.165) is 17.7 Å². The topological polar surface area (TPSA) is 61.8 Å². The van der Waals surface area contributed by atoms with Gasteiger partial charge < -0.3 is 20.1 Å². The summed E-state index contributed by atoms with van der Waals surface area (Å²) in [5.41, 5.74) is 2.31. The minimum Gasteiger partial charge on any atom is -0.504 e. The zero-order valence-corrected chi connectivity index (χ0v) is 13.2. The first kappa shape index (κ1) is 15.2. The fraction of sp³-hybridized carbons (Fsp3) is 0.278. The van der Waals surface area contributed by atoms with Gasteiger partial charge in [0.15, 0.2) is 11.5 Å². The van der Waals surface area contributed by atoms with E-state index in [1.54, 1.807) is 17.0 Å². The number of rotatable bonds is 4. The third kappa shape index (κ3) is 2.70. The van der Waals surface area contributed by atoms with Gasteiger partial charge >= 0.3 is 0 Å². The van der Waals surface area contributed by atoms with Gasteiger partial charge in [-0.1, -0.05) is 25.1 Å². The lowest BCUT2D eigenvalue weighted by molar-refractivity contribution is 0.0683. The fourth-order valence-corrected chi connectivity index (χ4v) is 2.90. The number of amides is 1. The number of hydrogen-bond donors (Lipinski definition) is 2. The average molecular weight is 312 g/mol. The average Bonchev–Trinajstić information content (AvgIpc) is 2.57. The summed E-state index contributed by atoms with van der Waals surface area (Å²) in [6, 6.07) is 12.7. The van der Waals surface area contributed by atoms with Crippen LogP contribution in [0.25, 0.3) is 0 Å². The minimum atomic E-state index is -0.311. The van der Waals surface area contributed by atoms with Gasteiger partial charge in [-0.2, -0.15) is 0 Å². The van der Waals surface area contributed by atoms with Gasteiger partial charge in [0.1, 0.15) is 6.17 Å². The molecule has 1 amide bonds. The molecule has 120 valence electrons. The van der Waals surface area contributed by atoms with Gasteiger partial charge in [-0.05, 0) is 36.2 Å². The van der Waals surface area contributed by atoms with Crippen molar-refractivity contribution in [3.8, 4) is 11.5 Å². The molecule has 0 aromatic heterocycles. The summed E-state index contributed by atoms with van der Waals surface area (Å²) in [7, 11) is 1.51. The molecule has 1 atom stereocenters. The number of carbonyl (C=O) groups is 1. The van der Waals surface area contributed by atoms with Gasteiger partial charge in [0, 0.05) is 12.2 Å². The highest BCUT2D eigenvalue weighted by Crippen LogP contribution is 2.36. The molecule has 2 N–H and O–H groups in total. The minimum absolute atomic E-state index is 0.00140. The Balaban J connectivity index is 2.03. The van der Waals surface area contributed by atoms with E-state index in [1.807, 2.05) is 37.3 Å². The lowest BCUT2D eigenvalue weighted by Crippen LogP contribution is -2.43. The highest BCUT2D eigenvalue weighted by molar-refractivity contribution is 6.01. The maximum absolute atomic E-state index is 12.8. The zero-order chi connectivity index (χ0) is 16.4. The van der Waals surface area contributed by atoms with Gasteiger partial charge in [-0.15, -0.1) is 0 Å². The van der Waals surface area contributed by atoms with Crippen molar-refractivity contribution in [3.63, 3.8) is 0 Å². The van der Waals surface area contributed by atoms with Crippen molar-refractivity contribution in [1.29, 1.82) is 0 Å². The number of fused-ring (bicyclic) bond motifs is 1. The molecule has 0 unspecified atom stereocenters. The second kappa shape index (κ2) is 6.20. The first-order valence-electron chi connectivity index (χ1n) is 7.69. The van der Waals surface area contributed by atoms with Crippen LogP contribution in [0.4, 0.5) is 5.69 Å². The molecule has 5 nitrogen and oxygen atoms in total. The Bertz CT molecular complexity index is 730. The van der Waals surface area contributed by atoms with Crippen LogP contribution in [0.3, 0.4) is 0 Å². The maximum atomic E-state index is 12.8. The molecule has 0 fully saturated rings. The van der Waals surface area contributed by atoms with Crippen LogP contribution >= 0.6 is 0 Å². The molecule has 0 aliphatic carbocycles. The largest absolute Gasteiger partial charge is 0.504 e. The molecule has 3 rings (SSSR count). The maximum Gasteiger partial charge on any atom is 0.257 e. The molecule has 2 aromatic carbocycles. The second-order valence-electron chi connectivity index (χ2n) is 5.52. The van der Waals surface area contributed by atoms with Crippen molar-refractivity contribution >= 4 is 11.6 Å². The van der Waals surface area contributed by atoms with Gasteiger partial charge in [0.25, 0.3) is 5.91 Å². The number of nitrogens with zero attached hydrogens (tertiary/aromatic N) is 1. The molecule has 0 bridgehead atoms. The number of carbonyl (C=O) groups excluding carboxylic acids is 1. The van der Waals surface area contributed by atoms with Gasteiger partial charge in [0.2, 0.25) is 0 Å². The Kier molecular flexibility index (Phi) is 4.10.